The normalized spacial score (nSPS) is 20.6. The van der Waals surface area contributed by atoms with Crippen molar-refractivity contribution in [1.82, 2.24) is 4.90 Å². The molecule has 6 nitrogen and oxygen atoms in total. The number of hydrogen-bond acceptors (Lipinski definition) is 3. The fourth-order valence-corrected chi connectivity index (χ4v) is 2.93. The summed E-state index contributed by atoms with van der Waals surface area (Å²) in [5.41, 5.74) is -0.834. The summed E-state index contributed by atoms with van der Waals surface area (Å²) in [4.78, 5) is 24.9. The highest BCUT2D eigenvalue weighted by Crippen LogP contribution is 2.29. The standard InChI is InChI=1S/C18H24F2N2O4/c1-10-5-11(16(23)24)9-22(8-10)17(25)21-12-6-13(19)15(14(20)7-12)26-18(2,3)4/h6-7,10-11H,5,8-9H2,1-4H3,(H,21,25)(H,23,24). The third-order valence-electron chi connectivity index (χ3n) is 3.95. The van der Waals surface area contributed by atoms with Gasteiger partial charge < -0.3 is 20.1 Å². The molecule has 0 radical (unpaired) electrons. The van der Waals surface area contributed by atoms with Gasteiger partial charge in [0.15, 0.2) is 17.4 Å². The topological polar surface area (TPSA) is 78.9 Å². The van der Waals surface area contributed by atoms with Crippen LogP contribution in [0.15, 0.2) is 12.1 Å². The lowest BCUT2D eigenvalue weighted by molar-refractivity contribution is -0.143. The molecule has 26 heavy (non-hydrogen) atoms. The number of rotatable bonds is 3. The molecule has 2 atom stereocenters. The summed E-state index contributed by atoms with van der Waals surface area (Å²) in [6.45, 7) is 7.29. The Morgan fingerprint density at radius 1 is 1.23 bits per heavy atom. The number of likely N-dealkylation sites (tertiary alicyclic amines) is 1. The maximum absolute atomic E-state index is 14.2. The number of ether oxygens (including phenoxy) is 1. The lowest BCUT2D eigenvalue weighted by Crippen LogP contribution is -2.47. The van der Waals surface area contributed by atoms with Gasteiger partial charge in [-0.05, 0) is 33.1 Å². The Labute approximate surface area is 151 Å². The molecule has 1 aliphatic rings. The Morgan fingerprint density at radius 2 is 1.81 bits per heavy atom. The minimum atomic E-state index is -0.963. The van der Waals surface area contributed by atoms with Gasteiger partial charge in [0.25, 0.3) is 0 Å². The Bertz CT molecular complexity index is 680. The lowest BCUT2D eigenvalue weighted by atomic mass is 9.91. The Morgan fingerprint density at radius 3 is 2.31 bits per heavy atom. The lowest BCUT2D eigenvalue weighted by Gasteiger charge is -2.34. The van der Waals surface area contributed by atoms with Crippen molar-refractivity contribution in [2.45, 2.75) is 39.7 Å². The fraction of sp³-hybridized carbons (Fsp3) is 0.556. The van der Waals surface area contributed by atoms with Crippen LogP contribution in [-0.4, -0.2) is 40.7 Å². The van der Waals surface area contributed by atoms with Crippen LogP contribution in [0.1, 0.15) is 34.1 Å². The average molecular weight is 370 g/mol. The molecule has 2 N–H and O–H groups in total. The molecule has 2 amide bonds. The van der Waals surface area contributed by atoms with Gasteiger partial charge in [0, 0.05) is 30.9 Å². The number of urea groups is 1. The van der Waals surface area contributed by atoms with Crippen LogP contribution in [-0.2, 0) is 4.79 Å². The number of carbonyl (C=O) groups excluding carboxylic acids is 1. The molecule has 1 aliphatic heterocycles. The van der Waals surface area contributed by atoms with Crippen LogP contribution in [0.4, 0.5) is 19.3 Å². The number of aliphatic carboxylic acids is 1. The van der Waals surface area contributed by atoms with Crippen molar-refractivity contribution in [2.75, 3.05) is 18.4 Å². The Kier molecular flexibility index (Phi) is 5.73. The number of halogens is 2. The summed E-state index contributed by atoms with van der Waals surface area (Å²) >= 11 is 0. The monoisotopic (exact) mass is 370 g/mol. The van der Waals surface area contributed by atoms with Gasteiger partial charge in [0.2, 0.25) is 0 Å². The van der Waals surface area contributed by atoms with Crippen molar-refractivity contribution in [3.8, 4) is 5.75 Å². The van der Waals surface area contributed by atoms with Crippen molar-refractivity contribution < 1.29 is 28.2 Å². The van der Waals surface area contributed by atoms with Crippen molar-refractivity contribution in [2.24, 2.45) is 11.8 Å². The van der Waals surface area contributed by atoms with Crippen molar-refractivity contribution >= 4 is 17.7 Å². The molecular weight excluding hydrogens is 346 g/mol. The minimum absolute atomic E-state index is 0.0200. The van der Waals surface area contributed by atoms with E-state index in [0.29, 0.717) is 13.0 Å². The van der Waals surface area contributed by atoms with Crippen LogP contribution >= 0.6 is 0 Å². The largest absolute Gasteiger partial charge is 0.482 e. The number of carbonyl (C=O) groups is 2. The number of nitrogens with one attached hydrogen (secondary N) is 1. The predicted octanol–water partition coefficient (Wildman–Crippen LogP) is 3.72. The summed E-state index contributed by atoms with van der Waals surface area (Å²) in [5, 5.41) is 11.6. The van der Waals surface area contributed by atoms with Crippen molar-refractivity contribution in [3.63, 3.8) is 0 Å². The number of amides is 2. The van der Waals surface area contributed by atoms with E-state index >= 15 is 0 Å². The molecule has 0 aromatic heterocycles. The first kappa shape index (κ1) is 19.9. The molecule has 1 aromatic rings. The molecule has 0 aliphatic carbocycles. The molecule has 8 heteroatoms. The number of piperidine rings is 1. The van der Waals surface area contributed by atoms with Gasteiger partial charge in [-0.15, -0.1) is 0 Å². The van der Waals surface area contributed by atoms with E-state index < -0.39 is 40.9 Å². The second-order valence-corrected chi connectivity index (χ2v) is 7.69. The Hall–Kier alpha value is -2.38. The zero-order chi connectivity index (χ0) is 19.6. The molecule has 1 fully saturated rings. The first-order valence-corrected chi connectivity index (χ1v) is 8.43. The number of carboxylic acid groups (broad SMARTS) is 1. The molecule has 1 saturated heterocycles. The van der Waals surface area contributed by atoms with E-state index in [4.69, 9.17) is 9.84 Å². The second kappa shape index (κ2) is 7.47. The fourth-order valence-electron chi connectivity index (χ4n) is 2.93. The summed E-state index contributed by atoms with van der Waals surface area (Å²) < 4.78 is 33.6. The van der Waals surface area contributed by atoms with Gasteiger partial charge >= 0.3 is 12.0 Å². The van der Waals surface area contributed by atoms with E-state index in [2.05, 4.69) is 5.32 Å². The molecule has 2 rings (SSSR count). The molecule has 0 saturated carbocycles. The minimum Gasteiger partial charge on any atom is -0.482 e. The van der Waals surface area contributed by atoms with Crippen LogP contribution in [0, 0.1) is 23.5 Å². The molecule has 0 spiro atoms. The molecule has 144 valence electrons. The number of anilines is 1. The van der Waals surface area contributed by atoms with Gasteiger partial charge in [-0.3, -0.25) is 4.79 Å². The van der Waals surface area contributed by atoms with E-state index in [1.165, 1.54) is 4.90 Å². The number of hydrogen-bond donors (Lipinski definition) is 2. The molecule has 0 bridgehead atoms. The summed E-state index contributed by atoms with van der Waals surface area (Å²) in [6.07, 6.45) is 0.487. The smallest absolute Gasteiger partial charge is 0.321 e. The van der Waals surface area contributed by atoms with Crippen LogP contribution in [0.5, 0.6) is 5.75 Å². The van der Waals surface area contributed by atoms with Gasteiger partial charge in [-0.25, -0.2) is 13.6 Å². The first-order chi connectivity index (χ1) is 12.0. The third kappa shape index (κ3) is 5.06. The number of carboxylic acids is 1. The van der Waals surface area contributed by atoms with Gasteiger partial charge in [-0.1, -0.05) is 6.92 Å². The molecule has 2 unspecified atom stereocenters. The summed E-state index contributed by atoms with van der Waals surface area (Å²) in [5.74, 6) is -3.95. The van der Waals surface area contributed by atoms with Crippen molar-refractivity contribution in [1.29, 1.82) is 0 Å². The van der Waals surface area contributed by atoms with Crippen LogP contribution in [0.25, 0.3) is 0 Å². The van der Waals surface area contributed by atoms with E-state index in [1.54, 1.807) is 20.8 Å². The third-order valence-corrected chi connectivity index (χ3v) is 3.95. The van der Waals surface area contributed by atoms with E-state index in [1.807, 2.05) is 6.92 Å². The highest BCUT2D eigenvalue weighted by atomic mass is 19.1. The van der Waals surface area contributed by atoms with Crippen LogP contribution in [0.2, 0.25) is 0 Å². The van der Waals surface area contributed by atoms with E-state index in [9.17, 15) is 18.4 Å². The highest BCUT2D eigenvalue weighted by Gasteiger charge is 2.32. The molecule has 1 aromatic carbocycles. The summed E-state index contributed by atoms with van der Waals surface area (Å²) in [7, 11) is 0. The van der Waals surface area contributed by atoms with Gasteiger partial charge in [0.05, 0.1) is 5.92 Å². The maximum atomic E-state index is 14.2. The highest BCUT2D eigenvalue weighted by molar-refractivity contribution is 5.90. The average Bonchev–Trinajstić information content (AvgIpc) is 2.49. The van der Waals surface area contributed by atoms with Gasteiger partial charge in [0.1, 0.15) is 5.60 Å². The number of nitrogens with zero attached hydrogens (tertiary/aromatic N) is 1. The van der Waals surface area contributed by atoms with Crippen LogP contribution in [0.3, 0.4) is 0 Å². The van der Waals surface area contributed by atoms with E-state index in [0.717, 1.165) is 12.1 Å². The van der Waals surface area contributed by atoms with Crippen molar-refractivity contribution in [3.05, 3.63) is 23.8 Å². The molecule has 1 heterocycles. The molecular formula is C18H24F2N2O4. The Balaban J connectivity index is 2.13. The van der Waals surface area contributed by atoms with Gasteiger partial charge in [-0.2, -0.15) is 0 Å². The zero-order valence-electron chi connectivity index (χ0n) is 15.3. The predicted molar refractivity (Wildman–Crippen MR) is 92.2 cm³/mol. The summed E-state index contributed by atoms with van der Waals surface area (Å²) in [6, 6.07) is 1.36. The second-order valence-electron chi connectivity index (χ2n) is 7.69. The number of benzene rings is 1. The quantitative estimate of drug-likeness (QED) is 0.850. The van der Waals surface area contributed by atoms with E-state index in [-0.39, 0.29) is 18.2 Å². The zero-order valence-corrected chi connectivity index (χ0v) is 15.3. The SMILES string of the molecule is CC1CC(C(=O)O)CN(C(=O)Nc2cc(F)c(OC(C)(C)C)c(F)c2)C1. The van der Waals surface area contributed by atoms with Crippen LogP contribution < -0.4 is 10.1 Å². The maximum Gasteiger partial charge on any atom is 0.321 e. The first-order valence-electron chi connectivity index (χ1n) is 8.43.